The first-order valence-electron chi connectivity index (χ1n) is 11.0. The molecule has 3 heterocycles. The fourth-order valence-corrected chi connectivity index (χ4v) is 4.09. The summed E-state index contributed by atoms with van der Waals surface area (Å²) in [6, 6.07) is 18.2. The van der Waals surface area contributed by atoms with Crippen LogP contribution in [-0.4, -0.2) is 39.8 Å². The molecule has 3 aromatic heterocycles. The lowest BCUT2D eigenvalue weighted by Crippen LogP contribution is -2.40. The number of imidazole rings is 1. The van der Waals surface area contributed by atoms with E-state index in [0.717, 1.165) is 16.9 Å². The third kappa shape index (κ3) is 4.01. The highest BCUT2D eigenvalue weighted by Gasteiger charge is 2.19. The van der Waals surface area contributed by atoms with E-state index in [-0.39, 0.29) is 18.6 Å². The predicted octanol–water partition coefficient (Wildman–Crippen LogP) is 2.93. The molecule has 0 unspecified atom stereocenters. The molecule has 0 spiro atoms. The number of fused-ring (bicyclic) bond motifs is 3. The SMILES string of the molecule is COc1ccc(Cn2c(=O)c3nc4ccc(OC)cn4c3n(Cc3ccc(OC)cc3)c2=O)cc1. The maximum atomic E-state index is 13.8. The van der Waals surface area contributed by atoms with Crippen molar-refractivity contribution < 1.29 is 14.2 Å². The van der Waals surface area contributed by atoms with Crippen molar-refractivity contribution in [3.8, 4) is 17.2 Å². The largest absolute Gasteiger partial charge is 0.497 e. The third-order valence-electron chi connectivity index (χ3n) is 5.97. The van der Waals surface area contributed by atoms with Gasteiger partial charge in [0.1, 0.15) is 22.9 Å². The van der Waals surface area contributed by atoms with Gasteiger partial charge in [0, 0.05) is 0 Å². The molecule has 2 aromatic carbocycles. The summed E-state index contributed by atoms with van der Waals surface area (Å²) >= 11 is 0. The third-order valence-corrected chi connectivity index (χ3v) is 5.97. The van der Waals surface area contributed by atoms with Gasteiger partial charge in [-0.2, -0.15) is 0 Å². The molecule has 0 bridgehead atoms. The first-order chi connectivity index (χ1) is 17.0. The van der Waals surface area contributed by atoms with Crippen molar-refractivity contribution in [3.05, 3.63) is 98.8 Å². The molecule has 0 aliphatic rings. The van der Waals surface area contributed by atoms with Gasteiger partial charge < -0.3 is 14.2 Å². The van der Waals surface area contributed by atoms with Gasteiger partial charge in [0.15, 0.2) is 11.2 Å². The zero-order valence-electron chi connectivity index (χ0n) is 19.6. The monoisotopic (exact) mass is 472 g/mol. The van der Waals surface area contributed by atoms with Crippen LogP contribution in [0.1, 0.15) is 11.1 Å². The molecule has 0 aliphatic carbocycles. The summed E-state index contributed by atoms with van der Waals surface area (Å²) < 4.78 is 20.3. The Hall–Kier alpha value is -4.53. The van der Waals surface area contributed by atoms with E-state index in [1.165, 1.54) is 4.57 Å². The fourth-order valence-electron chi connectivity index (χ4n) is 4.09. The average molecular weight is 473 g/mol. The van der Waals surface area contributed by atoms with Crippen molar-refractivity contribution >= 4 is 16.8 Å². The first-order valence-corrected chi connectivity index (χ1v) is 11.0. The molecule has 0 saturated carbocycles. The highest BCUT2D eigenvalue weighted by Crippen LogP contribution is 2.20. The van der Waals surface area contributed by atoms with Gasteiger partial charge >= 0.3 is 5.69 Å². The summed E-state index contributed by atoms with van der Waals surface area (Å²) in [4.78, 5) is 31.8. The Kier molecular flexibility index (Phi) is 5.74. The van der Waals surface area contributed by atoms with E-state index in [9.17, 15) is 9.59 Å². The van der Waals surface area contributed by atoms with Gasteiger partial charge in [-0.05, 0) is 47.5 Å². The normalized spacial score (nSPS) is 11.2. The van der Waals surface area contributed by atoms with E-state index in [0.29, 0.717) is 22.8 Å². The van der Waals surface area contributed by atoms with E-state index >= 15 is 0 Å². The molecule has 0 atom stereocenters. The van der Waals surface area contributed by atoms with Crippen LogP contribution >= 0.6 is 0 Å². The Bertz CT molecular complexity index is 1630. The van der Waals surface area contributed by atoms with Crippen molar-refractivity contribution in [3.63, 3.8) is 0 Å². The van der Waals surface area contributed by atoms with Crippen LogP contribution in [0.4, 0.5) is 0 Å². The summed E-state index contributed by atoms with van der Waals surface area (Å²) in [7, 11) is 4.75. The Labute approximate surface area is 200 Å². The maximum Gasteiger partial charge on any atom is 0.333 e. The van der Waals surface area contributed by atoms with Crippen LogP contribution in [0.3, 0.4) is 0 Å². The summed E-state index contributed by atoms with van der Waals surface area (Å²) in [6.45, 7) is 0.352. The first kappa shape index (κ1) is 22.3. The van der Waals surface area contributed by atoms with Crippen molar-refractivity contribution in [2.24, 2.45) is 0 Å². The molecule has 35 heavy (non-hydrogen) atoms. The van der Waals surface area contributed by atoms with E-state index in [1.54, 1.807) is 60.8 Å². The molecule has 5 rings (SSSR count). The number of benzene rings is 2. The number of methoxy groups -OCH3 is 3. The summed E-state index contributed by atoms with van der Waals surface area (Å²) in [5.41, 5.74) is 1.96. The highest BCUT2D eigenvalue weighted by molar-refractivity contribution is 5.76. The van der Waals surface area contributed by atoms with Gasteiger partial charge in [-0.3, -0.25) is 18.3 Å². The number of ether oxygens (including phenoxy) is 3. The molecule has 0 radical (unpaired) electrons. The fraction of sp³-hybridized carbons (Fsp3) is 0.192. The number of hydrogen-bond donors (Lipinski definition) is 0. The van der Waals surface area contributed by atoms with E-state index in [4.69, 9.17) is 14.2 Å². The lowest BCUT2D eigenvalue weighted by Gasteiger charge is -2.13. The van der Waals surface area contributed by atoms with Gasteiger partial charge in [-0.1, -0.05) is 24.3 Å². The summed E-state index contributed by atoms with van der Waals surface area (Å²) in [5.74, 6) is 2.00. The topological polar surface area (TPSA) is 89.0 Å². The number of nitrogens with zero attached hydrogens (tertiary/aromatic N) is 4. The van der Waals surface area contributed by atoms with Crippen molar-refractivity contribution in [2.45, 2.75) is 13.1 Å². The molecule has 0 N–H and O–H groups in total. The number of hydrogen-bond acceptors (Lipinski definition) is 6. The Balaban J connectivity index is 1.73. The van der Waals surface area contributed by atoms with Gasteiger partial charge in [-0.25, -0.2) is 9.78 Å². The smallest absolute Gasteiger partial charge is 0.333 e. The minimum absolute atomic E-state index is 0.109. The van der Waals surface area contributed by atoms with Crippen LogP contribution in [-0.2, 0) is 13.1 Å². The van der Waals surface area contributed by atoms with Gasteiger partial charge in [0.2, 0.25) is 0 Å². The lowest BCUT2D eigenvalue weighted by atomic mass is 10.2. The average Bonchev–Trinajstić information content (AvgIpc) is 3.28. The molecule has 178 valence electrons. The standard InChI is InChI=1S/C26H24N4O5/c1-33-19-8-4-17(5-9-19)14-29-24-23(27-22-13-12-21(35-3)16-28(22)24)25(31)30(26(29)32)15-18-6-10-20(34-2)11-7-18/h4-13,16H,14-15H2,1-3H3. The lowest BCUT2D eigenvalue weighted by molar-refractivity contribution is 0.412. The molecule has 5 aromatic rings. The van der Waals surface area contributed by atoms with Crippen LogP contribution < -0.4 is 25.5 Å². The molecule has 0 amide bonds. The summed E-state index contributed by atoms with van der Waals surface area (Å²) in [5, 5.41) is 0. The molecule has 0 fully saturated rings. The van der Waals surface area contributed by atoms with Crippen LogP contribution in [0, 0.1) is 0 Å². The second kappa shape index (κ2) is 9.02. The Morgan fingerprint density at radius 2 is 1.20 bits per heavy atom. The van der Waals surface area contributed by atoms with Crippen molar-refractivity contribution in [2.75, 3.05) is 21.3 Å². The second-order valence-electron chi connectivity index (χ2n) is 8.04. The Morgan fingerprint density at radius 1 is 0.686 bits per heavy atom. The molecular formula is C26H24N4O5. The van der Waals surface area contributed by atoms with Gasteiger partial charge in [-0.15, -0.1) is 0 Å². The Morgan fingerprint density at radius 3 is 1.74 bits per heavy atom. The molecule has 9 heteroatoms. The summed E-state index contributed by atoms with van der Waals surface area (Å²) in [6.07, 6.45) is 1.72. The molecule has 0 aliphatic heterocycles. The van der Waals surface area contributed by atoms with Crippen molar-refractivity contribution in [1.29, 1.82) is 0 Å². The molecular weight excluding hydrogens is 448 g/mol. The number of pyridine rings is 1. The highest BCUT2D eigenvalue weighted by atomic mass is 16.5. The number of aromatic nitrogens is 4. The van der Waals surface area contributed by atoms with Gasteiger partial charge in [0.25, 0.3) is 5.56 Å². The zero-order valence-corrected chi connectivity index (χ0v) is 19.6. The van der Waals surface area contributed by atoms with E-state index in [2.05, 4.69) is 4.98 Å². The van der Waals surface area contributed by atoms with E-state index < -0.39 is 11.2 Å². The van der Waals surface area contributed by atoms with E-state index in [1.807, 2.05) is 36.4 Å². The molecule has 0 saturated heterocycles. The van der Waals surface area contributed by atoms with Gasteiger partial charge in [0.05, 0.1) is 40.6 Å². The minimum Gasteiger partial charge on any atom is -0.497 e. The zero-order chi connectivity index (χ0) is 24.5. The molecule has 9 nitrogen and oxygen atoms in total. The van der Waals surface area contributed by atoms with Crippen LogP contribution in [0.5, 0.6) is 17.2 Å². The second-order valence-corrected chi connectivity index (χ2v) is 8.04. The maximum absolute atomic E-state index is 13.8. The minimum atomic E-state index is -0.450. The van der Waals surface area contributed by atoms with Crippen LogP contribution in [0.15, 0.2) is 76.4 Å². The quantitative estimate of drug-likeness (QED) is 0.362. The van der Waals surface area contributed by atoms with Crippen LogP contribution in [0.2, 0.25) is 0 Å². The number of rotatable bonds is 7. The predicted molar refractivity (Wildman–Crippen MR) is 132 cm³/mol. The van der Waals surface area contributed by atoms with Crippen molar-refractivity contribution in [1.82, 2.24) is 18.5 Å². The van der Waals surface area contributed by atoms with Crippen LogP contribution in [0.25, 0.3) is 16.8 Å².